The van der Waals surface area contributed by atoms with Gasteiger partial charge >= 0.3 is 0 Å². The van der Waals surface area contributed by atoms with Crippen molar-refractivity contribution in [2.75, 3.05) is 7.11 Å². The number of ether oxygens (including phenoxy) is 2. The van der Waals surface area contributed by atoms with Crippen LogP contribution < -0.4 is 9.47 Å². The minimum atomic E-state index is -0.448. The zero-order valence-corrected chi connectivity index (χ0v) is 15.2. The number of hydrogen-bond acceptors (Lipinski definition) is 2. The van der Waals surface area contributed by atoms with Crippen LogP contribution in [-0.4, -0.2) is 7.11 Å². The second kappa shape index (κ2) is 5.63. The Hall–Kier alpha value is -2.74. The lowest BCUT2D eigenvalue weighted by molar-refractivity contribution is 0.0904. The molecule has 1 atom stereocenters. The molecule has 0 N–H and O–H groups in total. The maximum absolute atomic E-state index is 6.90. The molecule has 0 bridgehead atoms. The van der Waals surface area contributed by atoms with E-state index in [4.69, 9.17) is 9.47 Å². The van der Waals surface area contributed by atoms with Gasteiger partial charge in [0.25, 0.3) is 0 Å². The topological polar surface area (TPSA) is 18.5 Å². The molecule has 0 spiro atoms. The van der Waals surface area contributed by atoms with Crippen molar-refractivity contribution in [3.63, 3.8) is 0 Å². The van der Waals surface area contributed by atoms with Crippen molar-refractivity contribution in [1.29, 1.82) is 0 Å². The van der Waals surface area contributed by atoms with Gasteiger partial charge in [0.15, 0.2) is 5.60 Å². The lowest BCUT2D eigenvalue weighted by Gasteiger charge is -2.37. The minimum absolute atomic E-state index is 0.448. The van der Waals surface area contributed by atoms with Crippen LogP contribution in [0.5, 0.6) is 11.5 Å². The summed E-state index contributed by atoms with van der Waals surface area (Å²) < 4.78 is 12.6. The highest BCUT2D eigenvalue weighted by atomic mass is 16.5. The Kier molecular flexibility index (Phi) is 3.36. The zero-order chi connectivity index (χ0) is 17.7. The van der Waals surface area contributed by atoms with Crippen molar-refractivity contribution in [2.24, 2.45) is 5.92 Å². The first-order valence-corrected chi connectivity index (χ1v) is 9.27. The summed E-state index contributed by atoms with van der Waals surface area (Å²) in [7, 11) is 1.74. The Bertz CT molecular complexity index is 1030. The van der Waals surface area contributed by atoms with E-state index < -0.39 is 5.60 Å². The lowest BCUT2D eigenvalue weighted by Crippen LogP contribution is -2.36. The van der Waals surface area contributed by atoms with Gasteiger partial charge in [-0.25, -0.2) is 0 Å². The van der Waals surface area contributed by atoms with E-state index in [-0.39, 0.29) is 0 Å². The Labute approximate surface area is 154 Å². The average Bonchev–Trinajstić information content (AvgIpc) is 3.53. The van der Waals surface area contributed by atoms with E-state index in [1.165, 1.54) is 34.7 Å². The third-order valence-electron chi connectivity index (χ3n) is 5.73. The fraction of sp³-hybridized carbons (Fsp3) is 0.250. The van der Waals surface area contributed by atoms with Crippen molar-refractivity contribution < 1.29 is 9.47 Å². The van der Waals surface area contributed by atoms with Gasteiger partial charge in [-0.05, 0) is 42.9 Å². The molecule has 0 amide bonds. The molecule has 1 aliphatic heterocycles. The lowest BCUT2D eigenvalue weighted by atomic mass is 9.84. The van der Waals surface area contributed by atoms with Crippen molar-refractivity contribution in [1.82, 2.24) is 0 Å². The molecule has 130 valence electrons. The van der Waals surface area contributed by atoms with Gasteiger partial charge in [-0.2, -0.15) is 0 Å². The molecule has 26 heavy (non-hydrogen) atoms. The SMILES string of the molecule is COc1ccccc1C1(C2CC2)C=Cc2c(C)cc3ccccc3c2O1. The molecule has 1 aliphatic carbocycles. The van der Waals surface area contributed by atoms with Gasteiger partial charge in [0.05, 0.1) is 7.11 Å². The van der Waals surface area contributed by atoms with Crippen LogP contribution in [0.1, 0.15) is 29.5 Å². The van der Waals surface area contributed by atoms with Gasteiger partial charge in [0.2, 0.25) is 0 Å². The van der Waals surface area contributed by atoms with Gasteiger partial charge in [0, 0.05) is 22.4 Å². The van der Waals surface area contributed by atoms with Crippen LogP contribution in [0.15, 0.2) is 60.7 Å². The average molecular weight is 342 g/mol. The van der Waals surface area contributed by atoms with Crippen LogP contribution in [0.4, 0.5) is 0 Å². The molecule has 5 rings (SSSR count). The fourth-order valence-corrected chi connectivity index (χ4v) is 4.26. The van der Waals surface area contributed by atoms with E-state index in [0.29, 0.717) is 5.92 Å². The fourth-order valence-electron chi connectivity index (χ4n) is 4.26. The summed E-state index contributed by atoms with van der Waals surface area (Å²) in [6, 6.07) is 19.0. The number of aryl methyl sites for hydroxylation is 1. The van der Waals surface area contributed by atoms with Gasteiger partial charge in [-0.15, -0.1) is 0 Å². The molecular formula is C24H22O2. The number of methoxy groups -OCH3 is 1. The summed E-state index contributed by atoms with van der Waals surface area (Å²) in [5.41, 5.74) is 3.11. The van der Waals surface area contributed by atoms with E-state index >= 15 is 0 Å². The summed E-state index contributed by atoms with van der Waals surface area (Å²) in [5, 5.41) is 2.40. The minimum Gasteiger partial charge on any atom is -0.496 e. The first-order valence-electron chi connectivity index (χ1n) is 9.27. The van der Waals surface area contributed by atoms with Crippen LogP contribution in [-0.2, 0) is 5.60 Å². The zero-order valence-electron chi connectivity index (χ0n) is 15.2. The predicted octanol–water partition coefficient (Wildman–Crippen LogP) is 5.87. The molecule has 2 heteroatoms. The molecule has 0 aromatic heterocycles. The molecule has 1 fully saturated rings. The molecule has 3 aromatic carbocycles. The van der Waals surface area contributed by atoms with Crippen LogP contribution in [0.3, 0.4) is 0 Å². The molecule has 0 radical (unpaired) electrons. The maximum atomic E-state index is 6.90. The van der Waals surface area contributed by atoms with Crippen molar-refractivity contribution >= 4 is 16.8 Å². The van der Waals surface area contributed by atoms with E-state index in [9.17, 15) is 0 Å². The second-order valence-electron chi connectivity index (χ2n) is 7.36. The Balaban J connectivity index is 1.76. The molecule has 1 unspecified atom stereocenters. The van der Waals surface area contributed by atoms with Gasteiger partial charge in [-0.3, -0.25) is 0 Å². The molecule has 1 heterocycles. The number of fused-ring (bicyclic) bond motifs is 3. The first-order chi connectivity index (χ1) is 12.7. The number of para-hydroxylation sites is 1. The number of benzene rings is 3. The van der Waals surface area contributed by atoms with E-state index in [0.717, 1.165) is 17.1 Å². The third-order valence-corrected chi connectivity index (χ3v) is 5.73. The summed E-state index contributed by atoms with van der Waals surface area (Å²) in [4.78, 5) is 0. The summed E-state index contributed by atoms with van der Waals surface area (Å²) in [5.74, 6) is 2.38. The molecular weight excluding hydrogens is 320 g/mol. The van der Waals surface area contributed by atoms with Gasteiger partial charge < -0.3 is 9.47 Å². The Morgan fingerprint density at radius 3 is 2.62 bits per heavy atom. The molecule has 3 aromatic rings. The Morgan fingerprint density at radius 2 is 1.81 bits per heavy atom. The first kappa shape index (κ1) is 15.5. The number of hydrogen-bond donors (Lipinski definition) is 0. The maximum Gasteiger partial charge on any atom is 0.159 e. The van der Waals surface area contributed by atoms with E-state index in [1.54, 1.807) is 7.11 Å². The summed E-state index contributed by atoms with van der Waals surface area (Å²) >= 11 is 0. The molecule has 2 aliphatic rings. The van der Waals surface area contributed by atoms with E-state index in [1.807, 2.05) is 12.1 Å². The van der Waals surface area contributed by atoms with Gasteiger partial charge in [-0.1, -0.05) is 54.6 Å². The molecule has 0 saturated heterocycles. The number of rotatable bonds is 3. The van der Waals surface area contributed by atoms with Crippen molar-refractivity contribution in [3.8, 4) is 11.5 Å². The van der Waals surface area contributed by atoms with E-state index in [2.05, 4.69) is 61.5 Å². The van der Waals surface area contributed by atoms with Crippen LogP contribution in [0.25, 0.3) is 16.8 Å². The third kappa shape index (κ3) is 2.18. The monoisotopic (exact) mass is 342 g/mol. The summed E-state index contributed by atoms with van der Waals surface area (Å²) in [6.07, 6.45) is 6.88. The highest BCUT2D eigenvalue weighted by Crippen LogP contribution is 2.55. The van der Waals surface area contributed by atoms with Crippen LogP contribution >= 0.6 is 0 Å². The van der Waals surface area contributed by atoms with Gasteiger partial charge in [0.1, 0.15) is 11.5 Å². The van der Waals surface area contributed by atoms with Crippen LogP contribution in [0, 0.1) is 12.8 Å². The quantitative estimate of drug-likeness (QED) is 0.593. The van der Waals surface area contributed by atoms with Crippen molar-refractivity contribution in [2.45, 2.75) is 25.4 Å². The normalized spacial score (nSPS) is 21.3. The predicted molar refractivity (Wildman–Crippen MR) is 106 cm³/mol. The molecule has 1 saturated carbocycles. The highest BCUT2D eigenvalue weighted by Gasteiger charge is 2.50. The van der Waals surface area contributed by atoms with Crippen molar-refractivity contribution in [3.05, 3.63) is 77.4 Å². The second-order valence-corrected chi connectivity index (χ2v) is 7.36. The van der Waals surface area contributed by atoms with Crippen LogP contribution in [0.2, 0.25) is 0 Å². The standard InChI is InChI=1S/C24H22O2/c1-16-15-17-7-3-4-8-20(17)23-19(16)13-14-24(26-23,18-11-12-18)21-9-5-6-10-22(21)25-2/h3-10,13-15,18H,11-12H2,1-2H3. The Morgan fingerprint density at radius 1 is 1.04 bits per heavy atom. The highest BCUT2D eigenvalue weighted by molar-refractivity contribution is 5.93. The smallest absolute Gasteiger partial charge is 0.159 e. The molecule has 2 nitrogen and oxygen atoms in total. The largest absolute Gasteiger partial charge is 0.496 e. The summed E-state index contributed by atoms with van der Waals surface area (Å²) in [6.45, 7) is 2.16.